The summed E-state index contributed by atoms with van der Waals surface area (Å²) in [6.07, 6.45) is 12.4. The first-order valence-electron chi connectivity index (χ1n) is 15.3. The molecule has 3 aromatic rings. The monoisotopic (exact) mass is 590 g/mol. The van der Waals surface area contributed by atoms with Gasteiger partial charge in [-0.3, -0.25) is 9.59 Å². The summed E-state index contributed by atoms with van der Waals surface area (Å²) >= 11 is 0. The maximum absolute atomic E-state index is 13.1. The van der Waals surface area contributed by atoms with E-state index < -0.39 is 9.84 Å². The number of H-pyrrole nitrogens is 1. The lowest BCUT2D eigenvalue weighted by Gasteiger charge is -2.39. The molecule has 42 heavy (non-hydrogen) atoms. The van der Waals surface area contributed by atoms with Crippen LogP contribution in [0.1, 0.15) is 102 Å². The van der Waals surface area contributed by atoms with Crippen LogP contribution in [0.5, 0.6) is 0 Å². The second-order valence-electron chi connectivity index (χ2n) is 11.7. The maximum Gasteiger partial charge on any atom is 0.267 e. The summed E-state index contributed by atoms with van der Waals surface area (Å²) in [5, 5.41) is 9.51. The van der Waals surface area contributed by atoms with Crippen LogP contribution in [0.15, 0.2) is 64.4 Å². The molecule has 2 aromatic carbocycles. The number of benzene rings is 2. The predicted octanol–water partition coefficient (Wildman–Crippen LogP) is 5.44. The number of aromatic amines is 1. The van der Waals surface area contributed by atoms with Crippen molar-refractivity contribution in [2.24, 2.45) is 0 Å². The summed E-state index contributed by atoms with van der Waals surface area (Å²) in [5.41, 5.74) is 4.23. The molecule has 0 bridgehead atoms. The molecule has 0 atom stereocenters. The van der Waals surface area contributed by atoms with E-state index in [1.807, 2.05) is 13.0 Å². The number of rotatable bonds is 7. The van der Waals surface area contributed by atoms with Crippen molar-refractivity contribution in [1.82, 2.24) is 20.9 Å². The van der Waals surface area contributed by atoms with Gasteiger partial charge in [0.1, 0.15) is 5.69 Å². The van der Waals surface area contributed by atoms with Crippen LogP contribution in [0.2, 0.25) is 0 Å². The number of amides is 2. The van der Waals surface area contributed by atoms with Gasteiger partial charge in [-0.25, -0.2) is 8.42 Å². The number of hydrogen-bond donors (Lipinski definition) is 4. The second kappa shape index (κ2) is 13.3. The van der Waals surface area contributed by atoms with Gasteiger partial charge < -0.3 is 20.9 Å². The Hall–Kier alpha value is -3.43. The first-order valence-corrected chi connectivity index (χ1v) is 16.7. The van der Waals surface area contributed by atoms with Crippen LogP contribution in [-0.4, -0.2) is 37.3 Å². The van der Waals surface area contributed by atoms with Gasteiger partial charge >= 0.3 is 0 Å². The molecule has 1 aliphatic heterocycles. The lowest BCUT2D eigenvalue weighted by Crippen LogP contribution is -2.49. The van der Waals surface area contributed by atoms with Gasteiger partial charge in [-0.05, 0) is 73.4 Å². The Labute approximate surface area is 249 Å². The van der Waals surface area contributed by atoms with E-state index in [1.54, 1.807) is 24.3 Å². The lowest BCUT2D eigenvalue weighted by atomic mass is 9.79. The van der Waals surface area contributed by atoms with Gasteiger partial charge in [0.15, 0.2) is 0 Å². The SMILES string of the molecule is CCNC(=O)c1ccc(S(=O)(=O)c2ccc(CNC(=O)c3cc4c([nH]3)CC3(CCCCCCCCC3)NC4)cc2)cc1. The summed E-state index contributed by atoms with van der Waals surface area (Å²) < 4.78 is 26.2. The van der Waals surface area contributed by atoms with Crippen LogP contribution in [0, 0.1) is 0 Å². The molecular weight excluding hydrogens is 548 g/mol. The van der Waals surface area contributed by atoms with E-state index in [0.29, 0.717) is 17.8 Å². The van der Waals surface area contributed by atoms with Crippen molar-refractivity contribution in [3.8, 4) is 0 Å². The fourth-order valence-corrected chi connectivity index (χ4v) is 7.46. The maximum atomic E-state index is 13.1. The zero-order valence-electron chi connectivity index (χ0n) is 24.4. The van der Waals surface area contributed by atoms with E-state index >= 15 is 0 Å². The van der Waals surface area contributed by atoms with Crippen LogP contribution < -0.4 is 16.0 Å². The number of carbonyl (C=O) groups excluding carboxylic acids is 2. The molecule has 8 nitrogen and oxygen atoms in total. The number of nitrogens with one attached hydrogen (secondary N) is 4. The zero-order chi connectivity index (χ0) is 29.6. The Balaban J connectivity index is 1.19. The molecule has 1 aromatic heterocycles. The third-order valence-electron chi connectivity index (χ3n) is 8.67. The molecule has 5 rings (SSSR count). The van der Waals surface area contributed by atoms with Crippen molar-refractivity contribution in [2.45, 2.75) is 99.6 Å². The molecule has 9 heteroatoms. The van der Waals surface area contributed by atoms with Gasteiger partial charge in [0.25, 0.3) is 11.8 Å². The molecule has 4 N–H and O–H groups in total. The van der Waals surface area contributed by atoms with Crippen LogP contribution in [0.3, 0.4) is 0 Å². The highest BCUT2D eigenvalue weighted by Gasteiger charge is 2.34. The average molecular weight is 591 g/mol. The molecule has 0 saturated heterocycles. The topological polar surface area (TPSA) is 120 Å². The van der Waals surface area contributed by atoms with E-state index in [4.69, 9.17) is 0 Å². The minimum Gasteiger partial charge on any atom is -0.354 e. The van der Waals surface area contributed by atoms with Gasteiger partial charge in [0, 0.05) is 42.9 Å². The molecular formula is C33H42N4O4S. The molecule has 1 saturated carbocycles. The average Bonchev–Trinajstić information content (AvgIpc) is 3.43. The van der Waals surface area contributed by atoms with Gasteiger partial charge in [-0.15, -0.1) is 0 Å². The Morgan fingerprint density at radius 2 is 1.40 bits per heavy atom. The molecule has 1 fully saturated rings. The minimum atomic E-state index is -3.74. The third-order valence-corrected chi connectivity index (χ3v) is 10.5. The van der Waals surface area contributed by atoms with Crippen LogP contribution in [0.25, 0.3) is 0 Å². The summed E-state index contributed by atoms with van der Waals surface area (Å²) in [7, 11) is -3.74. The van der Waals surface area contributed by atoms with Crippen molar-refractivity contribution in [3.63, 3.8) is 0 Å². The number of hydrogen-bond acceptors (Lipinski definition) is 5. The van der Waals surface area contributed by atoms with E-state index in [1.165, 1.54) is 87.7 Å². The summed E-state index contributed by atoms with van der Waals surface area (Å²) in [5.74, 6) is -0.415. The third kappa shape index (κ3) is 6.95. The molecule has 2 amide bonds. The van der Waals surface area contributed by atoms with Gasteiger partial charge in [-0.2, -0.15) is 0 Å². The second-order valence-corrected chi connectivity index (χ2v) is 13.6. The molecule has 2 aliphatic rings. The van der Waals surface area contributed by atoms with Gasteiger partial charge in [-0.1, -0.05) is 57.1 Å². The summed E-state index contributed by atoms with van der Waals surface area (Å²) in [6, 6.07) is 14.4. The van der Waals surface area contributed by atoms with E-state index in [-0.39, 0.29) is 33.7 Å². The van der Waals surface area contributed by atoms with Crippen molar-refractivity contribution >= 4 is 21.7 Å². The lowest BCUT2D eigenvalue weighted by molar-refractivity contribution is 0.0941. The van der Waals surface area contributed by atoms with Crippen molar-refractivity contribution < 1.29 is 18.0 Å². The standard InChI is InChI=1S/C33H42N4O4S/c1-2-34-31(38)25-12-16-28(17-13-25)42(40,41)27-14-10-24(11-15-27)22-35-32(39)29-20-26-23-36-33(21-30(26)37-29)18-8-6-4-3-5-7-9-19-33/h10-17,20,36-37H,2-9,18-19,21-23H2,1H3,(H,34,38)(H,35,39). The first kappa shape index (κ1) is 30.0. The fraction of sp³-hybridized carbons (Fsp3) is 0.455. The first-order chi connectivity index (χ1) is 20.3. The Morgan fingerprint density at radius 1 is 0.810 bits per heavy atom. The molecule has 224 valence electrons. The number of sulfone groups is 1. The normalized spacial score (nSPS) is 17.3. The number of carbonyl (C=O) groups is 2. The minimum absolute atomic E-state index is 0.119. The number of aromatic nitrogens is 1. The highest BCUT2D eigenvalue weighted by Crippen LogP contribution is 2.33. The smallest absolute Gasteiger partial charge is 0.267 e. The Bertz CT molecular complexity index is 1480. The largest absolute Gasteiger partial charge is 0.354 e. The quantitative estimate of drug-likeness (QED) is 0.292. The van der Waals surface area contributed by atoms with E-state index in [0.717, 1.165) is 24.1 Å². The van der Waals surface area contributed by atoms with Crippen molar-refractivity contribution in [3.05, 3.63) is 82.7 Å². The number of fused-ring (bicyclic) bond motifs is 1. The molecule has 2 heterocycles. The zero-order valence-corrected chi connectivity index (χ0v) is 25.2. The fourth-order valence-electron chi connectivity index (χ4n) is 6.20. The highest BCUT2D eigenvalue weighted by atomic mass is 32.2. The highest BCUT2D eigenvalue weighted by molar-refractivity contribution is 7.91. The van der Waals surface area contributed by atoms with Crippen LogP contribution in [-0.2, 0) is 29.3 Å². The predicted molar refractivity (Wildman–Crippen MR) is 163 cm³/mol. The summed E-state index contributed by atoms with van der Waals surface area (Å²) in [4.78, 5) is 28.7. The van der Waals surface area contributed by atoms with E-state index in [2.05, 4.69) is 20.9 Å². The van der Waals surface area contributed by atoms with Crippen molar-refractivity contribution in [1.29, 1.82) is 0 Å². The Morgan fingerprint density at radius 3 is 2.02 bits per heavy atom. The van der Waals surface area contributed by atoms with Gasteiger partial charge in [0.2, 0.25) is 9.84 Å². The van der Waals surface area contributed by atoms with Gasteiger partial charge in [0.05, 0.1) is 9.79 Å². The molecule has 1 aliphatic carbocycles. The summed E-state index contributed by atoms with van der Waals surface area (Å²) in [6.45, 7) is 3.39. The van der Waals surface area contributed by atoms with E-state index in [9.17, 15) is 18.0 Å². The van der Waals surface area contributed by atoms with Crippen LogP contribution >= 0.6 is 0 Å². The van der Waals surface area contributed by atoms with Crippen LogP contribution in [0.4, 0.5) is 0 Å². The van der Waals surface area contributed by atoms with Crippen molar-refractivity contribution in [2.75, 3.05) is 6.54 Å². The molecule has 0 radical (unpaired) electrons. The molecule has 1 spiro atoms. The Kier molecular flexibility index (Phi) is 9.48. The molecule has 0 unspecified atom stereocenters.